The SMILES string of the molecule is CC=C1CC(C(C)(C)SCc2ccccc2)N(Cc2ccccc2)C1=O. The highest BCUT2D eigenvalue weighted by atomic mass is 32.2. The smallest absolute Gasteiger partial charge is 0.250 e. The second kappa shape index (κ2) is 8.13. The van der Waals surface area contributed by atoms with Crippen molar-refractivity contribution < 1.29 is 4.79 Å². The van der Waals surface area contributed by atoms with Gasteiger partial charge in [0, 0.05) is 22.6 Å². The number of rotatable bonds is 6. The Morgan fingerprint density at radius 2 is 1.62 bits per heavy atom. The van der Waals surface area contributed by atoms with Crippen molar-refractivity contribution in [1.29, 1.82) is 0 Å². The maximum Gasteiger partial charge on any atom is 0.250 e. The van der Waals surface area contributed by atoms with E-state index in [1.165, 1.54) is 11.1 Å². The van der Waals surface area contributed by atoms with Crippen LogP contribution in [0.3, 0.4) is 0 Å². The number of nitrogens with zero attached hydrogens (tertiary/aromatic N) is 1. The van der Waals surface area contributed by atoms with Crippen molar-refractivity contribution >= 4 is 17.7 Å². The molecule has 1 aliphatic rings. The van der Waals surface area contributed by atoms with Crippen LogP contribution in [-0.4, -0.2) is 21.6 Å². The minimum atomic E-state index is -0.0228. The highest BCUT2D eigenvalue weighted by molar-refractivity contribution is 7.99. The summed E-state index contributed by atoms with van der Waals surface area (Å²) >= 11 is 1.94. The fourth-order valence-electron chi connectivity index (χ4n) is 3.50. The maximum absolute atomic E-state index is 12.9. The molecule has 2 nitrogen and oxygen atoms in total. The van der Waals surface area contributed by atoms with E-state index in [-0.39, 0.29) is 16.7 Å². The van der Waals surface area contributed by atoms with Gasteiger partial charge in [-0.1, -0.05) is 66.7 Å². The second-order valence-electron chi connectivity index (χ2n) is 7.33. The van der Waals surface area contributed by atoms with E-state index in [0.717, 1.165) is 17.7 Å². The van der Waals surface area contributed by atoms with Gasteiger partial charge in [0.25, 0.3) is 0 Å². The second-order valence-corrected chi connectivity index (χ2v) is 8.96. The number of hydrogen-bond acceptors (Lipinski definition) is 2. The van der Waals surface area contributed by atoms with Gasteiger partial charge in [0.2, 0.25) is 5.91 Å². The quantitative estimate of drug-likeness (QED) is 0.635. The van der Waals surface area contributed by atoms with E-state index in [2.05, 4.69) is 61.2 Å². The first kappa shape index (κ1) is 18.8. The molecule has 1 saturated heterocycles. The van der Waals surface area contributed by atoms with E-state index < -0.39 is 0 Å². The van der Waals surface area contributed by atoms with Crippen molar-refractivity contribution in [3.05, 3.63) is 83.4 Å². The third-order valence-electron chi connectivity index (χ3n) is 5.13. The van der Waals surface area contributed by atoms with Crippen molar-refractivity contribution in [2.24, 2.45) is 0 Å². The molecule has 0 aliphatic carbocycles. The molecule has 0 radical (unpaired) electrons. The molecule has 0 saturated carbocycles. The van der Waals surface area contributed by atoms with Crippen LogP contribution in [-0.2, 0) is 17.1 Å². The number of benzene rings is 2. The lowest BCUT2D eigenvalue weighted by molar-refractivity contribution is -0.127. The summed E-state index contributed by atoms with van der Waals surface area (Å²) in [7, 11) is 0. The largest absolute Gasteiger partial charge is 0.330 e. The van der Waals surface area contributed by atoms with Crippen LogP contribution in [0, 0.1) is 0 Å². The van der Waals surface area contributed by atoms with E-state index in [9.17, 15) is 4.79 Å². The molecule has 1 heterocycles. The highest BCUT2D eigenvalue weighted by Gasteiger charge is 2.43. The molecule has 1 aliphatic heterocycles. The summed E-state index contributed by atoms with van der Waals surface area (Å²) in [5.74, 6) is 1.15. The Morgan fingerprint density at radius 1 is 1.04 bits per heavy atom. The molecule has 1 amide bonds. The van der Waals surface area contributed by atoms with Crippen LogP contribution in [0.4, 0.5) is 0 Å². The Hall–Kier alpha value is -2.00. The van der Waals surface area contributed by atoms with Crippen molar-refractivity contribution in [2.75, 3.05) is 0 Å². The lowest BCUT2D eigenvalue weighted by Crippen LogP contribution is -2.44. The summed E-state index contributed by atoms with van der Waals surface area (Å²) in [5, 5.41) is 0. The van der Waals surface area contributed by atoms with E-state index in [4.69, 9.17) is 0 Å². The molecule has 2 aromatic rings. The highest BCUT2D eigenvalue weighted by Crippen LogP contribution is 2.41. The number of hydrogen-bond donors (Lipinski definition) is 0. The number of carbonyl (C=O) groups excluding carboxylic acids is 1. The summed E-state index contributed by atoms with van der Waals surface area (Å²) < 4.78 is -0.0228. The zero-order chi connectivity index (χ0) is 18.6. The van der Waals surface area contributed by atoms with Gasteiger partial charge in [-0.25, -0.2) is 0 Å². The topological polar surface area (TPSA) is 20.3 Å². The lowest BCUT2D eigenvalue weighted by atomic mass is 9.98. The van der Waals surface area contributed by atoms with Gasteiger partial charge in [0.1, 0.15) is 0 Å². The van der Waals surface area contributed by atoms with Gasteiger partial charge in [0.05, 0.1) is 6.04 Å². The fourth-order valence-corrected chi connectivity index (χ4v) is 4.63. The average Bonchev–Trinajstić information content (AvgIpc) is 2.98. The Morgan fingerprint density at radius 3 is 2.19 bits per heavy atom. The van der Waals surface area contributed by atoms with Gasteiger partial charge < -0.3 is 4.90 Å². The van der Waals surface area contributed by atoms with Crippen LogP contribution in [0.2, 0.25) is 0 Å². The third kappa shape index (κ3) is 4.21. The molecule has 2 aromatic carbocycles. The summed E-state index contributed by atoms with van der Waals surface area (Å²) in [6.07, 6.45) is 2.81. The van der Waals surface area contributed by atoms with Gasteiger partial charge in [0.15, 0.2) is 0 Å². The number of thioether (sulfide) groups is 1. The van der Waals surface area contributed by atoms with E-state index in [0.29, 0.717) is 6.54 Å². The molecule has 0 N–H and O–H groups in total. The standard InChI is InChI=1S/C23H27NOS/c1-4-20-15-21(23(2,3)26-17-19-13-9-6-10-14-19)24(22(20)25)16-18-11-7-5-8-12-18/h4-14,21H,15-17H2,1-3H3. The van der Waals surface area contributed by atoms with Gasteiger partial charge in [-0.3, -0.25) is 4.79 Å². The molecular formula is C23H27NOS. The minimum absolute atomic E-state index is 0.0228. The Kier molecular flexibility index (Phi) is 5.87. The predicted octanol–water partition coefficient (Wildman–Crippen LogP) is 5.45. The molecule has 26 heavy (non-hydrogen) atoms. The van der Waals surface area contributed by atoms with Crippen molar-refractivity contribution in [3.63, 3.8) is 0 Å². The van der Waals surface area contributed by atoms with Crippen LogP contribution < -0.4 is 0 Å². The predicted molar refractivity (Wildman–Crippen MR) is 111 cm³/mol. The van der Waals surface area contributed by atoms with Gasteiger partial charge >= 0.3 is 0 Å². The van der Waals surface area contributed by atoms with E-state index in [1.54, 1.807) is 0 Å². The Bertz CT molecular complexity index is 767. The Balaban J connectivity index is 1.78. The third-order valence-corrected chi connectivity index (χ3v) is 6.62. The van der Waals surface area contributed by atoms with Gasteiger partial charge in [-0.15, -0.1) is 11.8 Å². The Labute approximate surface area is 161 Å². The minimum Gasteiger partial charge on any atom is -0.330 e. The van der Waals surface area contributed by atoms with E-state index >= 15 is 0 Å². The molecule has 1 atom stereocenters. The maximum atomic E-state index is 12.9. The van der Waals surface area contributed by atoms with Crippen LogP contribution in [0.1, 0.15) is 38.3 Å². The lowest BCUT2D eigenvalue weighted by Gasteiger charge is -2.37. The first-order valence-electron chi connectivity index (χ1n) is 9.19. The number of carbonyl (C=O) groups is 1. The first-order valence-corrected chi connectivity index (χ1v) is 10.2. The monoisotopic (exact) mass is 365 g/mol. The fraction of sp³-hybridized carbons (Fsp3) is 0.348. The average molecular weight is 366 g/mol. The van der Waals surface area contributed by atoms with Crippen LogP contribution in [0.15, 0.2) is 72.3 Å². The van der Waals surface area contributed by atoms with Gasteiger partial charge in [-0.2, -0.15) is 0 Å². The number of amides is 1. The molecule has 0 spiro atoms. The van der Waals surface area contributed by atoms with Gasteiger partial charge in [-0.05, 0) is 38.3 Å². The summed E-state index contributed by atoms with van der Waals surface area (Å²) in [6.45, 7) is 7.20. The first-order chi connectivity index (χ1) is 12.5. The van der Waals surface area contributed by atoms with Crippen LogP contribution in [0.5, 0.6) is 0 Å². The van der Waals surface area contributed by atoms with Crippen LogP contribution >= 0.6 is 11.8 Å². The summed E-state index contributed by atoms with van der Waals surface area (Å²) in [5.41, 5.74) is 3.46. The molecule has 1 unspecified atom stereocenters. The number of allylic oxidation sites excluding steroid dienone is 1. The summed E-state index contributed by atoms with van der Waals surface area (Å²) in [6, 6.07) is 21.1. The zero-order valence-electron chi connectivity index (χ0n) is 15.8. The van der Waals surface area contributed by atoms with Crippen molar-refractivity contribution in [1.82, 2.24) is 4.90 Å². The van der Waals surface area contributed by atoms with Crippen LogP contribution in [0.25, 0.3) is 0 Å². The van der Waals surface area contributed by atoms with Crippen molar-refractivity contribution in [3.8, 4) is 0 Å². The molecule has 0 aromatic heterocycles. The van der Waals surface area contributed by atoms with E-state index in [1.807, 2.05) is 43.0 Å². The number of likely N-dealkylation sites (tertiary alicyclic amines) is 1. The molecular weight excluding hydrogens is 338 g/mol. The normalized spacial score (nSPS) is 19.3. The molecule has 136 valence electrons. The van der Waals surface area contributed by atoms with Crippen molar-refractivity contribution in [2.45, 2.75) is 50.3 Å². The zero-order valence-corrected chi connectivity index (χ0v) is 16.6. The molecule has 0 bridgehead atoms. The molecule has 1 fully saturated rings. The molecule has 3 rings (SSSR count). The summed E-state index contributed by atoms with van der Waals surface area (Å²) in [4.78, 5) is 15.0. The molecule has 3 heteroatoms.